The molecule has 3 N–H and O–H groups in total. The first-order valence-electron chi connectivity index (χ1n) is 9.94. The Morgan fingerprint density at radius 1 is 1.22 bits per heavy atom. The average Bonchev–Trinajstić information content (AvgIpc) is 3.42. The second-order valence-electron chi connectivity index (χ2n) is 7.61. The fourth-order valence-corrected chi connectivity index (χ4v) is 5.51. The highest BCUT2D eigenvalue weighted by molar-refractivity contribution is 7.12. The normalized spacial score (nSPS) is 15.4. The van der Waals surface area contributed by atoms with Crippen molar-refractivity contribution in [1.29, 1.82) is 5.26 Å². The van der Waals surface area contributed by atoms with E-state index in [0.717, 1.165) is 27.4 Å². The van der Waals surface area contributed by atoms with E-state index in [0.29, 0.717) is 22.3 Å². The standard InChI is InChI=1S/C23H19ClN6OS/c1-11-9-15(13(3)32-11)20-19-18(16(10-25)22(26)31-23(19)28-27-20)17-12(2)29-30(21(17)24)14-7-5-4-6-8-14/h4-9,18H,26H2,1-3H3,(H,27,28)/t18-/m0/s1. The van der Waals surface area contributed by atoms with Gasteiger partial charge in [-0.1, -0.05) is 29.8 Å². The van der Waals surface area contributed by atoms with Gasteiger partial charge in [0, 0.05) is 20.9 Å². The molecule has 1 aliphatic rings. The molecule has 4 heterocycles. The summed E-state index contributed by atoms with van der Waals surface area (Å²) in [5.41, 5.74) is 11.2. The Balaban J connectivity index is 1.77. The van der Waals surface area contributed by atoms with Gasteiger partial charge in [0.25, 0.3) is 0 Å². The Hall–Kier alpha value is -3.54. The minimum atomic E-state index is -0.568. The molecule has 3 aromatic heterocycles. The summed E-state index contributed by atoms with van der Waals surface area (Å²) in [5, 5.41) is 22.6. The van der Waals surface area contributed by atoms with Crippen molar-refractivity contribution < 1.29 is 4.74 Å². The fourth-order valence-electron chi connectivity index (χ4n) is 4.20. The van der Waals surface area contributed by atoms with Crippen LogP contribution in [0.3, 0.4) is 0 Å². The van der Waals surface area contributed by atoms with Crippen molar-refractivity contribution in [1.82, 2.24) is 20.0 Å². The van der Waals surface area contributed by atoms with Crippen LogP contribution in [0.1, 0.15) is 32.5 Å². The lowest BCUT2D eigenvalue weighted by Gasteiger charge is -2.24. The Morgan fingerprint density at radius 3 is 2.62 bits per heavy atom. The first kappa shape index (κ1) is 20.4. The fraction of sp³-hybridized carbons (Fsp3) is 0.174. The van der Waals surface area contributed by atoms with E-state index in [1.165, 1.54) is 4.88 Å². The molecular formula is C23H19ClN6OS. The number of ether oxygens (including phenoxy) is 1. The number of nitrogens with two attached hydrogens (primary N) is 1. The van der Waals surface area contributed by atoms with Crippen LogP contribution < -0.4 is 10.5 Å². The predicted molar refractivity (Wildman–Crippen MR) is 124 cm³/mol. The molecule has 0 aliphatic carbocycles. The van der Waals surface area contributed by atoms with E-state index in [1.807, 2.05) is 37.3 Å². The average molecular weight is 463 g/mol. The summed E-state index contributed by atoms with van der Waals surface area (Å²) in [5.74, 6) is -0.209. The summed E-state index contributed by atoms with van der Waals surface area (Å²) in [4.78, 5) is 2.31. The molecule has 0 amide bonds. The lowest BCUT2D eigenvalue weighted by atomic mass is 9.83. The Bertz CT molecular complexity index is 1420. The van der Waals surface area contributed by atoms with Crippen molar-refractivity contribution in [2.24, 2.45) is 5.73 Å². The number of allylic oxidation sites excluding steroid dienone is 1. The van der Waals surface area contributed by atoms with Gasteiger partial charge >= 0.3 is 0 Å². The zero-order valence-corrected chi connectivity index (χ0v) is 19.2. The number of aromatic amines is 1. The topological polar surface area (TPSA) is 106 Å². The molecule has 4 aromatic rings. The highest BCUT2D eigenvalue weighted by atomic mass is 35.5. The smallest absolute Gasteiger partial charge is 0.244 e. The Kier molecular flexibility index (Phi) is 4.81. The quantitative estimate of drug-likeness (QED) is 0.439. The molecule has 0 saturated carbocycles. The summed E-state index contributed by atoms with van der Waals surface area (Å²) >= 11 is 8.59. The van der Waals surface area contributed by atoms with Gasteiger partial charge in [-0.15, -0.1) is 16.4 Å². The molecule has 1 aliphatic heterocycles. The van der Waals surface area contributed by atoms with Crippen LogP contribution in [0.25, 0.3) is 16.9 Å². The minimum Gasteiger partial charge on any atom is -0.420 e. The third-order valence-corrected chi connectivity index (χ3v) is 6.92. The number of para-hydroxylation sites is 1. The minimum absolute atomic E-state index is 0.0178. The molecule has 0 spiro atoms. The highest BCUT2D eigenvalue weighted by Crippen LogP contribution is 2.49. The monoisotopic (exact) mass is 462 g/mol. The predicted octanol–water partition coefficient (Wildman–Crippen LogP) is 5.12. The summed E-state index contributed by atoms with van der Waals surface area (Å²) < 4.78 is 7.41. The number of nitriles is 1. The zero-order chi connectivity index (χ0) is 22.6. The molecular weight excluding hydrogens is 444 g/mol. The SMILES string of the molecule is Cc1cc(-c2[nH]nc3c2[C@H](c2c(C)nn(-c4ccccc4)c2Cl)C(C#N)=C(N)O3)c(C)s1. The number of hydrogen-bond donors (Lipinski definition) is 2. The second-order valence-corrected chi connectivity index (χ2v) is 9.42. The maximum Gasteiger partial charge on any atom is 0.244 e. The summed E-state index contributed by atoms with van der Waals surface area (Å²) in [6, 6.07) is 13.9. The molecule has 1 atom stereocenters. The molecule has 0 radical (unpaired) electrons. The van der Waals surface area contributed by atoms with E-state index in [9.17, 15) is 5.26 Å². The van der Waals surface area contributed by atoms with Crippen LogP contribution >= 0.6 is 22.9 Å². The number of rotatable bonds is 3. The maximum absolute atomic E-state index is 10.0. The van der Waals surface area contributed by atoms with Crippen molar-refractivity contribution in [3.8, 4) is 28.9 Å². The van der Waals surface area contributed by atoms with Crippen molar-refractivity contribution in [3.63, 3.8) is 0 Å². The van der Waals surface area contributed by atoms with Crippen LogP contribution in [-0.2, 0) is 0 Å². The molecule has 32 heavy (non-hydrogen) atoms. The largest absolute Gasteiger partial charge is 0.420 e. The van der Waals surface area contributed by atoms with Crippen LogP contribution in [0.2, 0.25) is 5.15 Å². The van der Waals surface area contributed by atoms with E-state index in [1.54, 1.807) is 16.0 Å². The van der Waals surface area contributed by atoms with E-state index >= 15 is 0 Å². The first-order valence-corrected chi connectivity index (χ1v) is 11.1. The number of fused-ring (bicyclic) bond motifs is 1. The van der Waals surface area contributed by atoms with Crippen LogP contribution in [-0.4, -0.2) is 20.0 Å². The number of aromatic nitrogens is 4. The van der Waals surface area contributed by atoms with Gasteiger partial charge in [-0.25, -0.2) is 4.68 Å². The van der Waals surface area contributed by atoms with Gasteiger partial charge in [0.05, 0.1) is 28.6 Å². The first-order chi connectivity index (χ1) is 15.4. The molecule has 5 rings (SSSR count). The molecule has 0 fully saturated rings. The summed E-state index contributed by atoms with van der Waals surface area (Å²) in [7, 11) is 0. The summed E-state index contributed by atoms with van der Waals surface area (Å²) in [6.45, 7) is 5.99. The van der Waals surface area contributed by atoms with Gasteiger partial charge in [0.1, 0.15) is 16.8 Å². The van der Waals surface area contributed by atoms with E-state index in [4.69, 9.17) is 22.1 Å². The second kappa shape index (κ2) is 7.55. The van der Waals surface area contributed by atoms with Crippen LogP contribution in [0.4, 0.5) is 0 Å². The van der Waals surface area contributed by atoms with Crippen molar-refractivity contribution in [3.05, 3.63) is 79.6 Å². The Labute approximate surface area is 193 Å². The van der Waals surface area contributed by atoms with Gasteiger partial charge in [0.2, 0.25) is 11.8 Å². The molecule has 9 heteroatoms. The number of nitrogens with one attached hydrogen (secondary N) is 1. The Morgan fingerprint density at radius 2 is 1.97 bits per heavy atom. The third-order valence-electron chi connectivity index (χ3n) is 5.59. The van der Waals surface area contributed by atoms with Gasteiger partial charge in [-0.2, -0.15) is 10.4 Å². The number of benzene rings is 1. The van der Waals surface area contributed by atoms with Crippen molar-refractivity contribution >= 4 is 22.9 Å². The number of halogens is 1. The summed E-state index contributed by atoms with van der Waals surface area (Å²) in [6.07, 6.45) is 0. The van der Waals surface area contributed by atoms with Crippen LogP contribution in [0, 0.1) is 32.1 Å². The van der Waals surface area contributed by atoms with Crippen molar-refractivity contribution in [2.45, 2.75) is 26.7 Å². The van der Waals surface area contributed by atoms with Gasteiger partial charge in [-0.3, -0.25) is 5.10 Å². The van der Waals surface area contributed by atoms with E-state index < -0.39 is 5.92 Å². The molecule has 160 valence electrons. The highest BCUT2D eigenvalue weighted by Gasteiger charge is 2.39. The number of thiophene rings is 1. The molecule has 7 nitrogen and oxygen atoms in total. The van der Waals surface area contributed by atoms with Gasteiger partial charge < -0.3 is 10.5 Å². The lowest BCUT2D eigenvalue weighted by Crippen LogP contribution is -2.21. The number of hydrogen-bond acceptors (Lipinski definition) is 6. The van der Waals surface area contributed by atoms with Crippen molar-refractivity contribution in [2.75, 3.05) is 0 Å². The number of aryl methyl sites for hydroxylation is 3. The molecule has 0 unspecified atom stereocenters. The number of H-pyrrole nitrogens is 1. The van der Waals surface area contributed by atoms with Crippen LogP contribution in [0.5, 0.6) is 5.88 Å². The van der Waals surface area contributed by atoms with E-state index in [2.05, 4.69) is 41.3 Å². The molecule has 1 aromatic carbocycles. The third kappa shape index (κ3) is 3.01. The zero-order valence-electron chi connectivity index (χ0n) is 17.6. The van der Waals surface area contributed by atoms with Crippen LogP contribution in [0.15, 0.2) is 47.9 Å². The maximum atomic E-state index is 10.0. The van der Waals surface area contributed by atoms with Gasteiger partial charge in [0.15, 0.2) is 0 Å². The molecule has 0 bridgehead atoms. The molecule has 0 saturated heterocycles. The number of nitrogens with zero attached hydrogens (tertiary/aromatic N) is 4. The lowest BCUT2D eigenvalue weighted by molar-refractivity contribution is 0.379. The van der Waals surface area contributed by atoms with Gasteiger partial charge in [-0.05, 0) is 39.0 Å². The van der Waals surface area contributed by atoms with E-state index in [-0.39, 0.29) is 11.5 Å².